The van der Waals surface area contributed by atoms with Crippen LogP contribution in [0.25, 0.3) is 0 Å². The average Bonchev–Trinajstić information content (AvgIpc) is 2.75. The van der Waals surface area contributed by atoms with E-state index in [9.17, 15) is 4.79 Å². The summed E-state index contributed by atoms with van der Waals surface area (Å²) in [7, 11) is 1.74. The second kappa shape index (κ2) is 14.5. The molecule has 1 aliphatic rings. The Morgan fingerprint density at radius 3 is 2.19 bits per heavy atom. The van der Waals surface area contributed by atoms with Crippen molar-refractivity contribution in [2.45, 2.75) is 46.2 Å². The number of carbonyl (C=O) groups excluding carboxylic acids is 1. The van der Waals surface area contributed by atoms with Gasteiger partial charge in [0.05, 0.1) is 6.54 Å². The largest absolute Gasteiger partial charge is 0.368 e. The first-order chi connectivity index (χ1) is 14.4. The predicted molar refractivity (Wildman–Crippen MR) is 142 cm³/mol. The van der Waals surface area contributed by atoms with Gasteiger partial charge in [-0.05, 0) is 46.2 Å². The van der Waals surface area contributed by atoms with Crippen LogP contribution in [0, 0.1) is 0 Å². The molecule has 0 aliphatic carbocycles. The number of guanidine groups is 1. The van der Waals surface area contributed by atoms with Crippen molar-refractivity contribution in [1.82, 2.24) is 20.4 Å². The fourth-order valence-corrected chi connectivity index (χ4v) is 3.93. The van der Waals surface area contributed by atoms with E-state index in [1.807, 2.05) is 11.0 Å². The number of carbonyl (C=O) groups is 1. The molecule has 0 spiro atoms. The Morgan fingerprint density at radius 2 is 1.65 bits per heavy atom. The first kappa shape index (κ1) is 27.5. The number of hydrogen-bond donors (Lipinski definition) is 2. The third-order valence-corrected chi connectivity index (χ3v) is 5.60. The van der Waals surface area contributed by atoms with E-state index >= 15 is 0 Å². The van der Waals surface area contributed by atoms with Crippen LogP contribution in [-0.4, -0.2) is 86.6 Å². The molecule has 0 radical (unpaired) electrons. The van der Waals surface area contributed by atoms with Crippen LogP contribution in [0.1, 0.15) is 34.1 Å². The molecule has 1 heterocycles. The molecule has 1 aromatic rings. The Labute approximate surface area is 205 Å². The third kappa shape index (κ3) is 9.22. The molecule has 1 saturated heterocycles. The van der Waals surface area contributed by atoms with Crippen LogP contribution in [0.2, 0.25) is 0 Å². The molecule has 0 unspecified atom stereocenters. The summed E-state index contributed by atoms with van der Waals surface area (Å²) < 4.78 is 0. The third-order valence-electron chi connectivity index (χ3n) is 5.60. The van der Waals surface area contributed by atoms with E-state index in [1.54, 1.807) is 7.05 Å². The van der Waals surface area contributed by atoms with E-state index in [-0.39, 0.29) is 36.4 Å². The van der Waals surface area contributed by atoms with Crippen molar-refractivity contribution in [3.05, 3.63) is 30.3 Å². The molecule has 1 aromatic carbocycles. The van der Waals surface area contributed by atoms with Crippen molar-refractivity contribution in [3.8, 4) is 0 Å². The van der Waals surface area contributed by atoms with E-state index in [4.69, 9.17) is 0 Å². The number of halogens is 1. The second-order valence-corrected chi connectivity index (χ2v) is 8.33. The minimum Gasteiger partial charge on any atom is -0.368 e. The van der Waals surface area contributed by atoms with Crippen LogP contribution in [0.3, 0.4) is 0 Å². The number of aliphatic imine (C=N–C) groups is 1. The highest BCUT2D eigenvalue weighted by molar-refractivity contribution is 14.0. The molecule has 31 heavy (non-hydrogen) atoms. The van der Waals surface area contributed by atoms with Crippen molar-refractivity contribution < 1.29 is 4.79 Å². The number of benzene rings is 1. The lowest BCUT2D eigenvalue weighted by Gasteiger charge is -2.36. The van der Waals surface area contributed by atoms with Crippen LogP contribution in [-0.2, 0) is 4.79 Å². The normalized spacial score (nSPS) is 14.8. The van der Waals surface area contributed by atoms with Gasteiger partial charge in [0.25, 0.3) is 0 Å². The van der Waals surface area contributed by atoms with Gasteiger partial charge < -0.3 is 20.4 Å². The maximum Gasteiger partial charge on any atom is 0.242 e. The fourth-order valence-electron chi connectivity index (χ4n) is 3.93. The number of para-hydroxylation sites is 1. The van der Waals surface area contributed by atoms with E-state index in [0.717, 1.165) is 45.7 Å². The second-order valence-electron chi connectivity index (χ2n) is 8.33. The average molecular weight is 545 g/mol. The molecule has 0 atom stereocenters. The van der Waals surface area contributed by atoms with Gasteiger partial charge in [-0.25, -0.2) is 0 Å². The topological polar surface area (TPSA) is 63.2 Å². The summed E-state index contributed by atoms with van der Waals surface area (Å²) in [5.41, 5.74) is 1.22. The maximum absolute atomic E-state index is 12.6. The van der Waals surface area contributed by atoms with Crippen LogP contribution >= 0.6 is 24.0 Å². The molecular formula is C23H41IN6O. The molecule has 1 aliphatic heterocycles. The van der Waals surface area contributed by atoms with Crippen molar-refractivity contribution in [2.24, 2.45) is 4.99 Å². The number of nitrogens with zero attached hydrogens (tertiary/aromatic N) is 4. The lowest BCUT2D eigenvalue weighted by Crippen LogP contribution is -2.52. The summed E-state index contributed by atoms with van der Waals surface area (Å²) in [5.74, 6) is 0.809. The smallest absolute Gasteiger partial charge is 0.242 e. The summed E-state index contributed by atoms with van der Waals surface area (Å²) in [6, 6.07) is 11.5. The zero-order valence-corrected chi connectivity index (χ0v) is 22.1. The van der Waals surface area contributed by atoms with Gasteiger partial charge in [0.2, 0.25) is 5.91 Å². The van der Waals surface area contributed by atoms with E-state index in [2.05, 4.69) is 77.4 Å². The standard InChI is InChI=1S/C23H40N6O.HI/c1-19(2)29(20(3)4)13-9-12-25-23(24-5)26-18-22(30)28-16-14-27(15-17-28)21-10-7-6-8-11-21;/h6-8,10-11,19-20H,9,12-18H2,1-5H3,(H2,24,25,26);1H. The van der Waals surface area contributed by atoms with Gasteiger partial charge in [0, 0.05) is 64.1 Å². The summed E-state index contributed by atoms with van der Waals surface area (Å²) in [6.07, 6.45) is 1.03. The quantitative estimate of drug-likeness (QED) is 0.217. The van der Waals surface area contributed by atoms with E-state index in [1.165, 1.54) is 5.69 Å². The molecule has 0 saturated carbocycles. The van der Waals surface area contributed by atoms with Crippen molar-refractivity contribution >= 4 is 41.5 Å². The lowest BCUT2D eigenvalue weighted by molar-refractivity contribution is -0.130. The lowest BCUT2D eigenvalue weighted by atomic mass is 10.2. The molecule has 1 fully saturated rings. The van der Waals surface area contributed by atoms with Gasteiger partial charge in [-0.3, -0.25) is 14.7 Å². The zero-order chi connectivity index (χ0) is 21.9. The molecule has 0 aromatic heterocycles. The Balaban J connectivity index is 0.00000480. The SMILES string of the molecule is CN=C(NCCCN(C(C)C)C(C)C)NCC(=O)N1CCN(c2ccccc2)CC1.I. The number of rotatable bonds is 9. The molecule has 2 rings (SSSR count). The van der Waals surface area contributed by atoms with Crippen LogP contribution in [0.15, 0.2) is 35.3 Å². The molecular weight excluding hydrogens is 503 g/mol. The maximum atomic E-state index is 12.6. The van der Waals surface area contributed by atoms with Gasteiger partial charge in [0.15, 0.2) is 5.96 Å². The van der Waals surface area contributed by atoms with Gasteiger partial charge in [0.1, 0.15) is 0 Å². The Bertz CT molecular complexity index is 651. The summed E-state index contributed by atoms with van der Waals surface area (Å²) in [4.78, 5) is 23.6. The molecule has 7 nitrogen and oxygen atoms in total. The number of anilines is 1. The Morgan fingerprint density at radius 1 is 1.03 bits per heavy atom. The van der Waals surface area contributed by atoms with Crippen LogP contribution in [0.4, 0.5) is 5.69 Å². The Hall–Kier alpha value is -1.55. The fraction of sp³-hybridized carbons (Fsp3) is 0.652. The number of piperazine rings is 1. The Kier molecular flexibility index (Phi) is 12.9. The number of nitrogens with one attached hydrogen (secondary N) is 2. The van der Waals surface area contributed by atoms with Gasteiger partial charge in [-0.15, -0.1) is 24.0 Å². The number of amides is 1. The molecule has 1 amide bonds. The van der Waals surface area contributed by atoms with Gasteiger partial charge >= 0.3 is 0 Å². The highest BCUT2D eigenvalue weighted by atomic mass is 127. The highest BCUT2D eigenvalue weighted by Gasteiger charge is 2.21. The first-order valence-electron chi connectivity index (χ1n) is 11.2. The van der Waals surface area contributed by atoms with Crippen molar-refractivity contribution in [2.75, 3.05) is 57.8 Å². The molecule has 176 valence electrons. The van der Waals surface area contributed by atoms with Crippen molar-refractivity contribution in [3.63, 3.8) is 0 Å². The minimum absolute atomic E-state index is 0. The van der Waals surface area contributed by atoms with E-state index < -0.39 is 0 Å². The summed E-state index contributed by atoms with van der Waals surface area (Å²) >= 11 is 0. The summed E-state index contributed by atoms with van der Waals surface area (Å²) in [6.45, 7) is 14.3. The van der Waals surface area contributed by atoms with Crippen LogP contribution in [0.5, 0.6) is 0 Å². The van der Waals surface area contributed by atoms with Gasteiger partial charge in [-0.2, -0.15) is 0 Å². The van der Waals surface area contributed by atoms with Crippen molar-refractivity contribution in [1.29, 1.82) is 0 Å². The summed E-state index contributed by atoms with van der Waals surface area (Å²) in [5, 5.41) is 6.49. The zero-order valence-electron chi connectivity index (χ0n) is 19.8. The predicted octanol–water partition coefficient (Wildman–Crippen LogP) is 2.63. The monoisotopic (exact) mass is 544 g/mol. The number of hydrogen-bond acceptors (Lipinski definition) is 4. The van der Waals surface area contributed by atoms with Gasteiger partial charge in [-0.1, -0.05) is 18.2 Å². The molecule has 8 heteroatoms. The molecule has 2 N–H and O–H groups in total. The minimum atomic E-state index is 0. The first-order valence-corrected chi connectivity index (χ1v) is 11.2. The highest BCUT2D eigenvalue weighted by Crippen LogP contribution is 2.15. The van der Waals surface area contributed by atoms with Crippen LogP contribution < -0.4 is 15.5 Å². The van der Waals surface area contributed by atoms with E-state index in [0.29, 0.717) is 18.0 Å². The molecule has 0 bridgehead atoms.